The second-order valence-electron chi connectivity index (χ2n) is 11.8. The van der Waals surface area contributed by atoms with Crippen molar-refractivity contribution in [3.8, 4) is 11.8 Å². The zero-order chi connectivity index (χ0) is 26.5. The zero-order valence-corrected chi connectivity index (χ0v) is 23.4. The Morgan fingerprint density at radius 2 is 1.92 bits per heavy atom. The predicted molar refractivity (Wildman–Crippen MR) is 147 cm³/mol. The minimum absolute atomic E-state index is 0.112. The molecule has 0 radical (unpaired) electrons. The highest BCUT2D eigenvalue weighted by molar-refractivity contribution is 5.38. The van der Waals surface area contributed by atoms with E-state index in [-0.39, 0.29) is 11.5 Å². The lowest BCUT2D eigenvalue weighted by molar-refractivity contribution is 0.00484. The fraction of sp³-hybridized carbons (Fsp3) is 0.750. The van der Waals surface area contributed by atoms with Gasteiger partial charge in [-0.2, -0.15) is 0 Å². The lowest BCUT2D eigenvalue weighted by Gasteiger charge is -2.45. The third-order valence-electron chi connectivity index (χ3n) is 9.74. The largest absolute Gasteiger partial charge is 0.393 e. The van der Waals surface area contributed by atoms with Gasteiger partial charge in [0.15, 0.2) is 0 Å². The average molecular weight is 499 g/mol. The Bertz CT molecular complexity index is 886. The molecule has 0 bridgehead atoms. The molecule has 36 heavy (non-hydrogen) atoms. The topological polar surface area (TPSA) is 69.9 Å². The molecule has 3 aliphatic rings. The van der Waals surface area contributed by atoms with Crippen LogP contribution in [0.1, 0.15) is 98.8 Å². The molecule has 0 heterocycles. The molecule has 0 saturated heterocycles. The minimum Gasteiger partial charge on any atom is -0.393 e. The van der Waals surface area contributed by atoms with E-state index in [4.69, 9.17) is 4.74 Å². The van der Waals surface area contributed by atoms with Gasteiger partial charge >= 0.3 is 0 Å². The maximum Gasteiger partial charge on any atom is 0.121 e. The number of rotatable bonds is 8. The molecule has 3 N–H and O–H groups in total. The Hall–Kier alpha value is -1.38. The second-order valence-corrected chi connectivity index (χ2v) is 11.8. The number of aliphatic hydroxyl groups is 3. The maximum absolute atomic E-state index is 10.6. The van der Waals surface area contributed by atoms with Gasteiger partial charge in [0.1, 0.15) is 6.10 Å². The summed E-state index contributed by atoms with van der Waals surface area (Å²) in [6.45, 7) is 15.6. The minimum atomic E-state index is -0.704. The standard InChI is InChI=1S/C32H50O4/c1-7-32(35,8-2)19-11-13-30(36-9-3)23(5)27-16-17-28-24(12-10-18-31(27,28)6)14-15-25-20-26(33)21-29(34)22(25)4/h14-15,23,26-30,33-35H,4,7-10,12,16-21H2,1-3,5-6H3/b24-14+,25-15-/t23-,26-,27-,28+,29+,30-,31-/m1/s1. The Labute approximate surface area is 219 Å². The van der Waals surface area contributed by atoms with Crippen molar-refractivity contribution in [2.45, 2.75) is 123 Å². The smallest absolute Gasteiger partial charge is 0.121 e. The van der Waals surface area contributed by atoms with Gasteiger partial charge in [-0.05, 0) is 92.6 Å². The van der Waals surface area contributed by atoms with Crippen LogP contribution in [-0.4, -0.2) is 45.8 Å². The summed E-state index contributed by atoms with van der Waals surface area (Å²) in [7, 11) is 0. The molecule has 3 aliphatic carbocycles. The van der Waals surface area contributed by atoms with E-state index < -0.39 is 17.8 Å². The van der Waals surface area contributed by atoms with Gasteiger partial charge in [-0.25, -0.2) is 0 Å². The first kappa shape index (κ1) is 29.2. The Morgan fingerprint density at radius 3 is 2.58 bits per heavy atom. The van der Waals surface area contributed by atoms with Crippen molar-refractivity contribution in [3.05, 3.63) is 35.5 Å². The Morgan fingerprint density at radius 1 is 1.19 bits per heavy atom. The van der Waals surface area contributed by atoms with E-state index in [0.717, 1.165) is 17.6 Å². The van der Waals surface area contributed by atoms with Crippen molar-refractivity contribution >= 4 is 0 Å². The Kier molecular flexibility index (Phi) is 10.1. The van der Waals surface area contributed by atoms with Crippen molar-refractivity contribution in [3.63, 3.8) is 0 Å². The molecule has 3 fully saturated rings. The van der Waals surface area contributed by atoms with Gasteiger partial charge in [0.25, 0.3) is 0 Å². The number of fused-ring (bicyclic) bond motifs is 1. The van der Waals surface area contributed by atoms with Crippen LogP contribution in [0.3, 0.4) is 0 Å². The zero-order valence-electron chi connectivity index (χ0n) is 23.4. The van der Waals surface area contributed by atoms with E-state index in [1.807, 2.05) is 20.8 Å². The molecule has 4 heteroatoms. The van der Waals surface area contributed by atoms with Gasteiger partial charge in [0, 0.05) is 19.4 Å². The van der Waals surface area contributed by atoms with Gasteiger partial charge in [0.05, 0.1) is 17.8 Å². The first-order chi connectivity index (χ1) is 17.1. The van der Waals surface area contributed by atoms with E-state index in [1.165, 1.54) is 31.3 Å². The number of ether oxygens (including phenoxy) is 1. The number of allylic oxidation sites excluding steroid dienone is 3. The molecule has 0 unspecified atom stereocenters. The van der Waals surface area contributed by atoms with Crippen LogP contribution >= 0.6 is 0 Å². The maximum atomic E-state index is 10.6. The molecule has 4 nitrogen and oxygen atoms in total. The van der Waals surface area contributed by atoms with Crippen LogP contribution in [0.2, 0.25) is 0 Å². The summed E-state index contributed by atoms with van der Waals surface area (Å²) in [6.07, 6.45) is 11.9. The van der Waals surface area contributed by atoms with Crippen LogP contribution in [0.5, 0.6) is 0 Å². The number of hydrogen-bond acceptors (Lipinski definition) is 4. The normalized spacial score (nSPS) is 34.8. The lowest BCUT2D eigenvalue weighted by atomic mass is 9.60. The average Bonchev–Trinajstić information content (AvgIpc) is 3.21. The Balaban J connectivity index is 1.78. The highest BCUT2D eigenvalue weighted by Crippen LogP contribution is 2.60. The SMILES string of the molecule is C=C1/C(=C\C=C2/CCC[C@]3(C)[C@@H]([C@@H](C)[C@@H](C#CCC(O)(CC)CC)OCC)CC[C@@H]23)C[C@@H](O)C[C@@H]1O. The second kappa shape index (κ2) is 12.4. The monoisotopic (exact) mass is 498 g/mol. The van der Waals surface area contributed by atoms with E-state index in [9.17, 15) is 15.3 Å². The molecule has 0 spiro atoms. The van der Waals surface area contributed by atoms with Gasteiger partial charge < -0.3 is 20.1 Å². The first-order valence-electron chi connectivity index (χ1n) is 14.4. The molecule has 0 aromatic rings. The quantitative estimate of drug-likeness (QED) is 0.353. The summed E-state index contributed by atoms with van der Waals surface area (Å²) in [5.41, 5.74) is 2.75. The van der Waals surface area contributed by atoms with Crippen LogP contribution in [0.4, 0.5) is 0 Å². The molecule has 0 aromatic heterocycles. The van der Waals surface area contributed by atoms with Gasteiger partial charge in [0.2, 0.25) is 0 Å². The first-order valence-corrected chi connectivity index (χ1v) is 14.4. The van der Waals surface area contributed by atoms with Crippen molar-refractivity contribution in [1.29, 1.82) is 0 Å². The predicted octanol–water partition coefficient (Wildman–Crippen LogP) is 6.11. The number of aliphatic hydroxyl groups excluding tert-OH is 2. The summed E-state index contributed by atoms with van der Waals surface area (Å²) in [5.74, 6) is 8.10. The molecule has 3 rings (SSSR count). The fourth-order valence-corrected chi connectivity index (χ4v) is 7.14. The van der Waals surface area contributed by atoms with Crippen molar-refractivity contribution in [2.75, 3.05) is 6.61 Å². The highest BCUT2D eigenvalue weighted by Gasteiger charge is 2.51. The van der Waals surface area contributed by atoms with E-state index in [1.54, 1.807) is 0 Å². The van der Waals surface area contributed by atoms with E-state index in [2.05, 4.69) is 44.4 Å². The molecule has 3 saturated carbocycles. The molecule has 0 aromatic carbocycles. The van der Waals surface area contributed by atoms with E-state index in [0.29, 0.717) is 56.5 Å². The van der Waals surface area contributed by atoms with E-state index >= 15 is 0 Å². The van der Waals surface area contributed by atoms with Gasteiger partial charge in [-0.3, -0.25) is 0 Å². The summed E-state index contributed by atoms with van der Waals surface area (Å²) in [6, 6.07) is 0. The summed E-state index contributed by atoms with van der Waals surface area (Å²) >= 11 is 0. The third kappa shape index (κ3) is 6.36. The number of hydrogen-bond donors (Lipinski definition) is 3. The van der Waals surface area contributed by atoms with Crippen molar-refractivity contribution < 1.29 is 20.1 Å². The molecule has 7 atom stereocenters. The van der Waals surface area contributed by atoms with Crippen LogP contribution < -0.4 is 0 Å². The lowest BCUT2D eigenvalue weighted by Crippen LogP contribution is -2.39. The van der Waals surface area contributed by atoms with Crippen molar-refractivity contribution in [2.24, 2.45) is 23.2 Å². The van der Waals surface area contributed by atoms with Crippen LogP contribution in [-0.2, 0) is 4.74 Å². The fourth-order valence-electron chi connectivity index (χ4n) is 7.14. The molecule has 0 aliphatic heterocycles. The highest BCUT2D eigenvalue weighted by atomic mass is 16.5. The molecule has 0 amide bonds. The molecular formula is C32H50O4. The summed E-state index contributed by atoms with van der Waals surface area (Å²) < 4.78 is 6.17. The van der Waals surface area contributed by atoms with Crippen LogP contribution in [0, 0.1) is 35.0 Å². The van der Waals surface area contributed by atoms with Gasteiger partial charge in [-0.1, -0.05) is 63.8 Å². The molecular weight excluding hydrogens is 448 g/mol. The van der Waals surface area contributed by atoms with Crippen LogP contribution in [0.15, 0.2) is 35.5 Å². The van der Waals surface area contributed by atoms with Gasteiger partial charge in [-0.15, -0.1) is 0 Å². The molecule has 202 valence electrons. The summed E-state index contributed by atoms with van der Waals surface area (Å²) in [4.78, 5) is 0. The van der Waals surface area contributed by atoms with Crippen LogP contribution in [0.25, 0.3) is 0 Å². The summed E-state index contributed by atoms with van der Waals surface area (Å²) in [5, 5.41) is 31.0. The van der Waals surface area contributed by atoms with Crippen molar-refractivity contribution in [1.82, 2.24) is 0 Å². The third-order valence-corrected chi connectivity index (χ3v) is 9.74.